The van der Waals surface area contributed by atoms with Gasteiger partial charge in [-0.1, -0.05) is 64.8 Å². The third-order valence-electron chi connectivity index (χ3n) is 7.97. The summed E-state index contributed by atoms with van der Waals surface area (Å²) >= 11 is 12.5. The minimum absolute atomic E-state index is 0.00407. The van der Waals surface area contributed by atoms with Gasteiger partial charge in [0.15, 0.2) is 0 Å². The van der Waals surface area contributed by atoms with Crippen LogP contribution in [0, 0.1) is 0 Å². The highest BCUT2D eigenvalue weighted by atomic mass is 35.5. The van der Waals surface area contributed by atoms with E-state index in [2.05, 4.69) is 15.4 Å². The molecule has 1 fully saturated rings. The predicted octanol–water partition coefficient (Wildman–Crippen LogP) is 8.28. The Hall–Kier alpha value is -2.83. The molecule has 45 heavy (non-hydrogen) atoms. The van der Waals surface area contributed by atoms with Crippen LogP contribution < -0.4 is 5.32 Å². The maximum atomic E-state index is 13.3. The summed E-state index contributed by atoms with van der Waals surface area (Å²) < 4.78 is 80.1. The van der Waals surface area contributed by atoms with Gasteiger partial charge in [0.25, 0.3) is 0 Å². The first kappa shape index (κ1) is 35.0. The molecule has 0 amide bonds. The van der Waals surface area contributed by atoms with Gasteiger partial charge < -0.3 is 20.2 Å². The van der Waals surface area contributed by atoms with E-state index in [9.17, 15) is 31.4 Å². The Labute approximate surface area is 267 Å². The van der Waals surface area contributed by atoms with Crippen molar-refractivity contribution in [1.29, 1.82) is 0 Å². The molecule has 1 saturated heterocycles. The van der Waals surface area contributed by atoms with Gasteiger partial charge in [-0.25, -0.2) is 0 Å². The van der Waals surface area contributed by atoms with Gasteiger partial charge >= 0.3 is 12.4 Å². The van der Waals surface area contributed by atoms with Crippen LogP contribution in [0.4, 0.5) is 26.3 Å². The molecule has 3 aromatic carbocycles. The van der Waals surface area contributed by atoms with Crippen molar-refractivity contribution in [2.75, 3.05) is 33.3 Å². The number of likely N-dealkylation sites (tertiary alicyclic amines) is 1. The highest BCUT2D eigenvalue weighted by Gasteiger charge is 2.37. The van der Waals surface area contributed by atoms with Crippen LogP contribution >= 0.6 is 23.2 Å². The van der Waals surface area contributed by atoms with E-state index in [0.717, 1.165) is 11.1 Å². The zero-order valence-corrected chi connectivity index (χ0v) is 25.9. The Kier molecular flexibility index (Phi) is 11.5. The average Bonchev–Trinajstić information content (AvgIpc) is 2.99. The minimum atomic E-state index is -4.94. The molecule has 5 nitrogen and oxygen atoms in total. The van der Waals surface area contributed by atoms with E-state index in [-0.39, 0.29) is 30.6 Å². The second kappa shape index (κ2) is 14.7. The van der Waals surface area contributed by atoms with Crippen LogP contribution in [0.3, 0.4) is 0 Å². The van der Waals surface area contributed by atoms with Crippen LogP contribution in [-0.4, -0.2) is 49.0 Å². The van der Waals surface area contributed by atoms with Crippen molar-refractivity contribution in [2.24, 2.45) is 5.16 Å². The van der Waals surface area contributed by atoms with E-state index in [1.165, 1.54) is 7.11 Å². The molecule has 1 unspecified atom stereocenters. The highest BCUT2D eigenvalue weighted by Crippen LogP contribution is 2.37. The second-order valence-electron chi connectivity index (χ2n) is 11.0. The molecule has 0 saturated carbocycles. The van der Waals surface area contributed by atoms with Crippen LogP contribution in [0.1, 0.15) is 53.0 Å². The first-order valence-corrected chi connectivity index (χ1v) is 15.0. The number of piperidine rings is 1. The lowest BCUT2D eigenvalue weighted by molar-refractivity contribution is -0.143. The van der Waals surface area contributed by atoms with Crippen LogP contribution in [-0.2, 0) is 29.3 Å². The van der Waals surface area contributed by atoms with Crippen LogP contribution in [0.5, 0.6) is 0 Å². The molecule has 0 aromatic heterocycles. The molecule has 0 spiro atoms. The Balaban J connectivity index is 1.50. The first-order valence-electron chi connectivity index (χ1n) is 14.2. The van der Waals surface area contributed by atoms with Gasteiger partial charge in [0.2, 0.25) is 0 Å². The van der Waals surface area contributed by atoms with Crippen molar-refractivity contribution in [1.82, 2.24) is 10.2 Å². The van der Waals surface area contributed by atoms with Gasteiger partial charge in [-0.15, -0.1) is 0 Å². The molecule has 1 aliphatic rings. The lowest BCUT2D eigenvalue weighted by Gasteiger charge is -2.39. The number of aliphatic hydroxyl groups is 1. The molecule has 244 valence electrons. The summed E-state index contributed by atoms with van der Waals surface area (Å²) in [5.41, 5.74) is -1.75. The van der Waals surface area contributed by atoms with E-state index in [4.69, 9.17) is 28.0 Å². The van der Waals surface area contributed by atoms with E-state index in [0.29, 0.717) is 66.8 Å². The largest absolute Gasteiger partial charge is 0.416 e. The zero-order valence-electron chi connectivity index (χ0n) is 24.4. The summed E-state index contributed by atoms with van der Waals surface area (Å²) in [5.74, 6) is -0.380. The van der Waals surface area contributed by atoms with Gasteiger partial charge in [-0.2, -0.15) is 26.3 Å². The minimum Gasteiger partial charge on any atom is -0.399 e. The molecule has 0 bridgehead atoms. The third-order valence-corrected chi connectivity index (χ3v) is 8.71. The smallest absolute Gasteiger partial charge is 0.399 e. The molecule has 2 N–H and O–H groups in total. The summed E-state index contributed by atoms with van der Waals surface area (Å²) in [5, 5.41) is 19.0. The third kappa shape index (κ3) is 9.36. The first-order chi connectivity index (χ1) is 21.2. The Morgan fingerprint density at radius 2 is 1.56 bits per heavy atom. The van der Waals surface area contributed by atoms with Crippen LogP contribution in [0.15, 0.2) is 71.9 Å². The summed E-state index contributed by atoms with van der Waals surface area (Å²) in [6, 6.07) is 16.1. The summed E-state index contributed by atoms with van der Waals surface area (Å²) in [6.07, 6.45) is -8.25. The zero-order chi connectivity index (χ0) is 32.8. The van der Waals surface area contributed by atoms with E-state index >= 15 is 0 Å². The second-order valence-corrected chi connectivity index (χ2v) is 11.9. The van der Waals surface area contributed by atoms with Crippen LogP contribution in [0.25, 0.3) is 0 Å². The van der Waals surface area contributed by atoms with Crippen molar-refractivity contribution in [3.8, 4) is 0 Å². The predicted molar refractivity (Wildman–Crippen MR) is 162 cm³/mol. The number of nitrogens with one attached hydrogen (secondary N) is 1. The molecule has 1 heterocycles. The van der Waals surface area contributed by atoms with Crippen molar-refractivity contribution >= 4 is 28.9 Å². The molecular weight excluding hydrogens is 643 g/mol. The molecule has 1 atom stereocenters. The molecule has 3 aromatic rings. The number of oxime groups is 1. The number of nitrogens with zero attached hydrogens (tertiary/aromatic N) is 2. The molecule has 0 aliphatic carbocycles. The standard InChI is InChI=1S/C32H33Cl2F6N3O2/c1-45-42-29(20-41-19-21-15-24(31(35,36)37)18-25(16-21)32(38,39)40)26(22-7-8-27(33)28(34)17-22)9-12-43-13-10-30(44,11-14-43)23-5-3-2-4-6-23/h2-8,15-18,26,41,44H,9-14,19-20H2,1H3/b42-29+. The number of hydrogen-bond donors (Lipinski definition) is 2. The fourth-order valence-electron chi connectivity index (χ4n) is 5.54. The summed E-state index contributed by atoms with van der Waals surface area (Å²) in [7, 11) is 1.35. The van der Waals surface area contributed by atoms with Gasteiger partial charge in [0, 0.05) is 32.1 Å². The van der Waals surface area contributed by atoms with Crippen molar-refractivity contribution in [2.45, 2.75) is 49.7 Å². The lowest BCUT2D eigenvalue weighted by atomic mass is 9.84. The van der Waals surface area contributed by atoms with Crippen LogP contribution in [0.2, 0.25) is 10.0 Å². The van der Waals surface area contributed by atoms with Crippen molar-refractivity contribution < 1.29 is 36.3 Å². The normalized spacial score (nSPS) is 16.9. The maximum absolute atomic E-state index is 13.3. The number of hydrogen-bond acceptors (Lipinski definition) is 5. The topological polar surface area (TPSA) is 57.1 Å². The Bertz CT molecular complexity index is 1430. The molecule has 4 rings (SSSR count). The van der Waals surface area contributed by atoms with Gasteiger partial charge in [-0.3, -0.25) is 0 Å². The highest BCUT2D eigenvalue weighted by molar-refractivity contribution is 6.42. The SMILES string of the molecule is CO/N=C(\CNCc1cc(C(F)(F)F)cc(C(F)(F)F)c1)C(CCN1CCC(O)(c2ccccc2)CC1)c1ccc(Cl)c(Cl)c1. The Morgan fingerprint density at radius 3 is 2.11 bits per heavy atom. The number of benzene rings is 3. The number of rotatable bonds is 11. The molecule has 13 heteroatoms. The summed E-state index contributed by atoms with van der Waals surface area (Å²) in [6.45, 7) is 1.62. The summed E-state index contributed by atoms with van der Waals surface area (Å²) in [4.78, 5) is 7.33. The van der Waals surface area contributed by atoms with Gasteiger partial charge in [0.1, 0.15) is 7.11 Å². The fraction of sp³-hybridized carbons (Fsp3) is 0.406. The number of alkyl halides is 6. The maximum Gasteiger partial charge on any atom is 0.416 e. The van der Waals surface area contributed by atoms with Gasteiger partial charge in [0.05, 0.1) is 32.5 Å². The van der Waals surface area contributed by atoms with Crippen molar-refractivity contribution in [3.63, 3.8) is 0 Å². The van der Waals surface area contributed by atoms with Crippen molar-refractivity contribution in [3.05, 3.63) is 105 Å². The van der Waals surface area contributed by atoms with E-state index < -0.39 is 29.1 Å². The fourth-order valence-corrected chi connectivity index (χ4v) is 5.85. The van der Waals surface area contributed by atoms with E-state index in [1.54, 1.807) is 18.2 Å². The molecule has 1 aliphatic heterocycles. The average molecular weight is 677 g/mol. The lowest BCUT2D eigenvalue weighted by Crippen LogP contribution is -2.43. The number of halogens is 8. The molecule has 0 radical (unpaired) electrons. The quantitative estimate of drug-likeness (QED) is 0.122. The molecular formula is C32H33Cl2F6N3O2. The van der Waals surface area contributed by atoms with Gasteiger partial charge in [-0.05, 0) is 72.8 Å². The van der Waals surface area contributed by atoms with E-state index in [1.807, 2.05) is 30.3 Å². The monoisotopic (exact) mass is 675 g/mol. The Morgan fingerprint density at radius 1 is 0.933 bits per heavy atom.